The summed E-state index contributed by atoms with van der Waals surface area (Å²) in [6.45, 7) is 5.47. The van der Waals surface area contributed by atoms with E-state index in [0.717, 1.165) is 42.8 Å². The number of phenolic OH excluding ortho intramolecular Hbond substituents is 1. The van der Waals surface area contributed by atoms with Crippen LogP contribution in [-0.2, 0) is 0 Å². The average molecular weight is 311 g/mol. The third-order valence-electron chi connectivity index (χ3n) is 4.22. The van der Waals surface area contributed by atoms with Crippen molar-refractivity contribution in [2.24, 2.45) is 0 Å². The molecule has 1 N–H and O–H groups in total. The van der Waals surface area contributed by atoms with Gasteiger partial charge in [-0.15, -0.1) is 0 Å². The van der Waals surface area contributed by atoms with Crippen LogP contribution in [0.25, 0.3) is 0 Å². The molecule has 0 spiro atoms. The number of hydrogen-bond donors (Lipinski definition) is 1. The molecule has 23 heavy (non-hydrogen) atoms. The maximum atomic E-state index is 12.5. The summed E-state index contributed by atoms with van der Waals surface area (Å²) in [5.41, 5.74) is 2.37. The third-order valence-corrected chi connectivity index (χ3v) is 4.22. The van der Waals surface area contributed by atoms with E-state index < -0.39 is 0 Å². The number of aryl methyl sites for hydroxylation is 2. The Kier molecular flexibility index (Phi) is 4.24. The number of para-hydroxylation sites is 1. The van der Waals surface area contributed by atoms with Gasteiger partial charge in [0.05, 0.1) is 5.56 Å². The van der Waals surface area contributed by atoms with E-state index in [1.54, 1.807) is 17.0 Å². The zero-order valence-electron chi connectivity index (χ0n) is 13.5. The quantitative estimate of drug-likeness (QED) is 0.930. The Morgan fingerprint density at radius 3 is 2.39 bits per heavy atom. The Labute approximate surface area is 136 Å². The van der Waals surface area contributed by atoms with Crippen molar-refractivity contribution in [3.8, 4) is 17.2 Å². The fourth-order valence-corrected chi connectivity index (χ4v) is 2.92. The van der Waals surface area contributed by atoms with E-state index in [2.05, 4.69) is 0 Å². The maximum absolute atomic E-state index is 12.5. The molecule has 1 fully saturated rings. The van der Waals surface area contributed by atoms with E-state index in [1.165, 1.54) is 6.07 Å². The molecular formula is C19H21NO3. The number of carbonyl (C=O) groups excluding carboxylic acids is 1. The first-order valence-corrected chi connectivity index (χ1v) is 7.92. The monoisotopic (exact) mass is 311 g/mol. The van der Waals surface area contributed by atoms with Crippen LogP contribution in [0, 0.1) is 13.8 Å². The molecule has 4 heteroatoms. The minimum Gasteiger partial charge on any atom is -0.507 e. The van der Waals surface area contributed by atoms with Gasteiger partial charge in [0.25, 0.3) is 5.91 Å². The lowest BCUT2D eigenvalue weighted by Gasteiger charge is -2.17. The van der Waals surface area contributed by atoms with Gasteiger partial charge in [-0.1, -0.05) is 18.2 Å². The highest BCUT2D eigenvalue weighted by atomic mass is 16.5. The van der Waals surface area contributed by atoms with Gasteiger partial charge >= 0.3 is 0 Å². The van der Waals surface area contributed by atoms with Gasteiger partial charge in [-0.2, -0.15) is 0 Å². The van der Waals surface area contributed by atoms with Gasteiger partial charge in [0.15, 0.2) is 0 Å². The third kappa shape index (κ3) is 3.16. The second-order valence-corrected chi connectivity index (χ2v) is 6.00. The number of ether oxygens (including phenoxy) is 1. The molecule has 0 aromatic heterocycles. The number of benzene rings is 2. The highest BCUT2D eigenvalue weighted by Gasteiger charge is 2.22. The molecule has 0 radical (unpaired) electrons. The molecule has 0 atom stereocenters. The summed E-state index contributed by atoms with van der Waals surface area (Å²) in [7, 11) is 0. The molecule has 1 saturated heterocycles. The van der Waals surface area contributed by atoms with Crippen molar-refractivity contribution in [1.82, 2.24) is 4.90 Å². The van der Waals surface area contributed by atoms with Gasteiger partial charge in [0.1, 0.15) is 17.2 Å². The van der Waals surface area contributed by atoms with Crippen molar-refractivity contribution in [3.05, 3.63) is 53.1 Å². The molecule has 1 aliphatic heterocycles. The summed E-state index contributed by atoms with van der Waals surface area (Å²) in [4.78, 5) is 14.3. The maximum Gasteiger partial charge on any atom is 0.257 e. The van der Waals surface area contributed by atoms with Crippen LogP contribution >= 0.6 is 0 Å². The zero-order chi connectivity index (χ0) is 16.4. The zero-order valence-corrected chi connectivity index (χ0v) is 13.5. The molecular weight excluding hydrogens is 290 g/mol. The summed E-state index contributed by atoms with van der Waals surface area (Å²) < 4.78 is 5.97. The van der Waals surface area contributed by atoms with Crippen LogP contribution in [0.4, 0.5) is 0 Å². The first-order valence-electron chi connectivity index (χ1n) is 7.92. The highest BCUT2D eigenvalue weighted by molar-refractivity contribution is 5.97. The van der Waals surface area contributed by atoms with Crippen LogP contribution in [0.15, 0.2) is 36.4 Å². The average Bonchev–Trinajstić information content (AvgIpc) is 3.06. The lowest BCUT2D eigenvalue weighted by Crippen LogP contribution is -2.27. The van der Waals surface area contributed by atoms with Crippen LogP contribution in [-0.4, -0.2) is 29.0 Å². The van der Waals surface area contributed by atoms with Crippen LogP contribution in [0.3, 0.4) is 0 Å². The van der Waals surface area contributed by atoms with Crippen LogP contribution in [0.5, 0.6) is 17.2 Å². The number of carbonyl (C=O) groups is 1. The van der Waals surface area contributed by atoms with Gasteiger partial charge in [-0.25, -0.2) is 0 Å². The first kappa shape index (κ1) is 15.4. The van der Waals surface area contributed by atoms with Crippen molar-refractivity contribution in [1.29, 1.82) is 0 Å². The predicted octanol–water partition coefficient (Wildman–Crippen LogP) is 4.04. The first-order chi connectivity index (χ1) is 11.1. The fraction of sp³-hybridized carbons (Fsp3) is 0.316. The smallest absolute Gasteiger partial charge is 0.257 e. The van der Waals surface area contributed by atoms with E-state index in [-0.39, 0.29) is 11.7 Å². The van der Waals surface area contributed by atoms with Gasteiger partial charge in [0, 0.05) is 13.1 Å². The Morgan fingerprint density at radius 2 is 1.74 bits per heavy atom. The number of hydrogen-bond acceptors (Lipinski definition) is 3. The van der Waals surface area contributed by atoms with E-state index in [4.69, 9.17) is 4.74 Å². The van der Waals surface area contributed by atoms with Gasteiger partial charge < -0.3 is 14.7 Å². The SMILES string of the molecule is Cc1cccc(C)c1Oc1ccc(O)c(C(=O)N2CCCC2)c1. The summed E-state index contributed by atoms with van der Waals surface area (Å²) in [6, 6.07) is 10.8. The standard InChI is InChI=1S/C19H21NO3/c1-13-6-5-7-14(2)18(13)23-15-8-9-17(21)16(12-15)19(22)20-10-3-4-11-20/h5-9,12,21H,3-4,10-11H2,1-2H3. The minimum atomic E-state index is -0.132. The van der Waals surface area contributed by atoms with Gasteiger partial charge in [0.2, 0.25) is 0 Å². The molecule has 0 unspecified atom stereocenters. The second kappa shape index (κ2) is 6.32. The molecule has 0 saturated carbocycles. The largest absolute Gasteiger partial charge is 0.507 e. The van der Waals surface area contributed by atoms with E-state index in [0.29, 0.717) is 11.3 Å². The van der Waals surface area contributed by atoms with Crippen molar-refractivity contribution in [3.63, 3.8) is 0 Å². The minimum absolute atomic E-state index is 0.00393. The number of likely N-dealkylation sites (tertiary alicyclic amines) is 1. The molecule has 1 amide bonds. The van der Waals surface area contributed by atoms with E-state index in [1.807, 2.05) is 32.0 Å². The van der Waals surface area contributed by atoms with E-state index >= 15 is 0 Å². The van der Waals surface area contributed by atoms with Crippen molar-refractivity contribution >= 4 is 5.91 Å². The topological polar surface area (TPSA) is 49.8 Å². The Bertz CT molecular complexity index is 713. The Hall–Kier alpha value is -2.49. The molecule has 2 aromatic carbocycles. The summed E-state index contributed by atoms with van der Waals surface area (Å²) >= 11 is 0. The summed E-state index contributed by atoms with van der Waals surface area (Å²) in [5, 5.41) is 10.0. The number of rotatable bonds is 3. The number of aromatic hydroxyl groups is 1. The van der Waals surface area contributed by atoms with Crippen molar-refractivity contribution in [2.75, 3.05) is 13.1 Å². The Balaban J connectivity index is 1.89. The van der Waals surface area contributed by atoms with Crippen LogP contribution in [0.1, 0.15) is 34.3 Å². The molecule has 1 aliphatic rings. The number of nitrogens with zero attached hydrogens (tertiary/aromatic N) is 1. The number of amides is 1. The molecule has 120 valence electrons. The fourth-order valence-electron chi connectivity index (χ4n) is 2.92. The summed E-state index contributed by atoms with van der Waals surface area (Å²) in [5.74, 6) is 1.21. The van der Waals surface area contributed by atoms with Crippen molar-refractivity contribution < 1.29 is 14.6 Å². The normalized spacial score (nSPS) is 14.1. The lowest BCUT2D eigenvalue weighted by atomic mass is 10.1. The molecule has 1 heterocycles. The molecule has 2 aromatic rings. The number of phenols is 1. The lowest BCUT2D eigenvalue weighted by molar-refractivity contribution is 0.0789. The van der Waals surface area contributed by atoms with Gasteiger partial charge in [-0.05, 0) is 56.0 Å². The summed E-state index contributed by atoms with van der Waals surface area (Å²) in [6.07, 6.45) is 2.04. The van der Waals surface area contributed by atoms with E-state index in [9.17, 15) is 9.90 Å². The van der Waals surface area contributed by atoms with Crippen LogP contribution in [0.2, 0.25) is 0 Å². The predicted molar refractivity (Wildman–Crippen MR) is 89.2 cm³/mol. The molecule has 3 rings (SSSR count). The van der Waals surface area contributed by atoms with Gasteiger partial charge in [-0.3, -0.25) is 4.79 Å². The molecule has 0 bridgehead atoms. The Morgan fingerprint density at radius 1 is 1.09 bits per heavy atom. The van der Waals surface area contributed by atoms with Crippen LogP contribution < -0.4 is 4.74 Å². The molecule has 0 aliphatic carbocycles. The second-order valence-electron chi connectivity index (χ2n) is 6.00. The highest BCUT2D eigenvalue weighted by Crippen LogP contribution is 2.32. The molecule has 4 nitrogen and oxygen atoms in total. The van der Waals surface area contributed by atoms with Crippen molar-refractivity contribution in [2.45, 2.75) is 26.7 Å².